The van der Waals surface area contributed by atoms with Crippen molar-refractivity contribution in [1.82, 2.24) is 29.5 Å². The van der Waals surface area contributed by atoms with Gasteiger partial charge in [0.25, 0.3) is 0 Å². The van der Waals surface area contributed by atoms with Crippen molar-refractivity contribution < 1.29 is 4.74 Å². The minimum Gasteiger partial charge on any atom is -0.383 e. The highest BCUT2D eigenvalue weighted by atomic mass is 16.5. The molecule has 2 aromatic heterocycles. The van der Waals surface area contributed by atoms with Gasteiger partial charge >= 0.3 is 0 Å². The van der Waals surface area contributed by atoms with Crippen LogP contribution in [0.5, 0.6) is 0 Å². The number of rotatable bonds is 6. The number of benzene rings is 1. The van der Waals surface area contributed by atoms with Gasteiger partial charge in [0.2, 0.25) is 0 Å². The Labute approximate surface area is 188 Å². The molecule has 0 aliphatic carbocycles. The molecule has 5 rings (SSSR count). The molecule has 2 aliphatic heterocycles. The summed E-state index contributed by atoms with van der Waals surface area (Å²) >= 11 is 0. The highest BCUT2D eigenvalue weighted by Crippen LogP contribution is 2.33. The van der Waals surface area contributed by atoms with Gasteiger partial charge in [-0.3, -0.25) is 9.80 Å². The second-order valence-corrected chi connectivity index (χ2v) is 8.68. The van der Waals surface area contributed by atoms with E-state index in [1.807, 2.05) is 6.08 Å². The number of ether oxygens (including phenoxy) is 1. The van der Waals surface area contributed by atoms with Crippen molar-refractivity contribution in [2.24, 2.45) is 0 Å². The van der Waals surface area contributed by atoms with Gasteiger partial charge in [0.05, 0.1) is 24.6 Å². The molecule has 1 aromatic carbocycles. The summed E-state index contributed by atoms with van der Waals surface area (Å²) in [6.45, 7) is 11.3. The standard InChI is InChI=1S/C24H31N7O/c1-2-9-29-10-3-4-20(16-29)31-24-21(23(25)26-17-27-24)22(28-31)19-7-5-18(6-8-19)15-30-11-13-32-14-12-30/h2,5-8,17,20H,1,3-4,9-16H2,(H2,25,26,27). The fourth-order valence-corrected chi connectivity index (χ4v) is 4.82. The second-order valence-electron chi connectivity index (χ2n) is 8.68. The van der Waals surface area contributed by atoms with E-state index in [9.17, 15) is 0 Å². The molecule has 0 radical (unpaired) electrons. The highest BCUT2D eigenvalue weighted by Gasteiger charge is 2.26. The number of hydrogen-bond donors (Lipinski definition) is 1. The SMILES string of the molecule is C=CCN1CCCC(n2nc(-c3ccc(CN4CCOCC4)cc3)c3c(N)ncnc32)C1. The van der Waals surface area contributed by atoms with Crippen molar-refractivity contribution in [3.05, 3.63) is 48.8 Å². The fraction of sp³-hybridized carbons (Fsp3) is 0.458. The summed E-state index contributed by atoms with van der Waals surface area (Å²) in [5.41, 5.74) is 10.3. The third-order valence-corrected chi connectivity index (χ3v) is 6.47. The summed E-state index contributed by atoms with van der Waals surface area (Å²) in [4.78, 5) is 13.7. The number of aromatic nitrogens is 4. The van der Waals surface area contributed by atoms with Gasteiger partial charge in [-0.1, -0.05) is 30.3 Å². The molecule has 0 bridgehead atoms. The molecule has 2 aliphatic rings. The zero-order chi connectivity index (χ0) is 21.9. The van der Waals surface area contributed by atoms with Crippen LogP contribution in [0.25, 0.3) is 22.3 Å². The van der Waals surface area contributed by atoms with E-state index in [4.69, 9.17) is 15.6 Å². The maximum absolute atomic E-state index is 6.32. The molecule has 2 saturated heterocycles. The van der Waals surface area contributed by atoms with Gasteiger partial charge < -0.3 is 10.5 Å². The number of fused-ring (bicyclic) bond motifs is 1. The quantitative estimate of drug-likeness (QED) is 0.598. The van der Waals surface area contributed by atoms with Crippen molar-refractivity contribution in [2.75, 3.05) is 51.7 Å². The van der Waals surface area contributed by atoms with E-state index >= 15 is 0 Å². The number of morpholine rings is 1. The average Bonchev–Trinajstić information content (AvgIpc) is 3.22. The van der Waals surface area contributed by atoms with E-state index < -0.39 is 0 Å². The number of nitrogen functional groups attached to an aromatic ring is 1. The van der Waals surface area contributed by atoms with Gasteiger partial charge in [-0.15, -0.1) is 6.58 Å². The van der Waals surface area contributed by atoms with Crippen LogP contribution >= 0.6 is 0 Å². The molecule has 3 aromatic rings. The van der Waals surface area contributed by atoms with Crippen LogP contribution in [0.4, 0.5) is 5.82 Å². The van der Waals surface area contributed by atoms with Gasteiger partial charge in [0, 0.05) is 38.3 Å². The van der Waals surface area contributed by atoms with Crippen LogP contribution < -0.4 is 5.73 Å². The Bertz CT molecular complexity index is 1070. The first kappa shape index (κ1) is 21.1. The van der Waals surface area contributed by atoms with E-state index in [2.05, 4.69) is 55.3 Å². The monoisotopic (exact) mass is 433 g/mol. The predicted octanol–water partition coefficient (Wildman–Crippen LogP) is 2.73. The van der Waals surface area contributed by atoms with Gasteiger partial charge in [-0.2, -0.15) is 5.10 Å². The minimum atomic E-state index is 0.259. The number of piperidine rings is 1. The Hall–Kier alpha value is -2.81. The van der Waals surface area contributed by atoms with Crippen LogP contribution in [-0.2, 0) is 11.3 Å². The minimum absolute atomic E-state index is 0.259. The molecule has 4 heterocycles. The molecular weight excluding hydrogens is 402 g/mol. The first-order valence-corrected chi connectivity index (χ1v) is 11.4. The molecule has 168 valence electrons. The number of anilines is 1. The normalized spacial score (nSPS) is 20.6. The van der Waals surface area contributed by atoms with Gasteiger partial charge in [-0.05, 0) is 24.9 Å². The maximum Gasteiger partial charge on any atom is 0.164 e. The molecule has 8 heteroatoms. The lowest BCUT2D eigenvalue weighted by Gasteiger charge is -2.32. The third kappa shape index (κ3) is 4.26. The van der Waals surface area contributed by atoms with Crippen LogP contribution in [0.3, 0.4) is 0 Å². The lowest BCUT2D eigenvalue weighted by Crippen LogP contribution is -2.37. The van der Waals surface area contributed by atoms with Crippen molar-refractivity contribution >= 4 is 16.9 Å². The van der Waals surface area contributed by atoms with Gasteiger partial charge in [-0.25, -0.2) is 14.6 Å². The molecule has 0 spiro atoms. The molecule has 1 atom stereocenters. The van der Waals surface area contributed by atoms with E-state index in [-0.39, 0.29) is 6.04 Å². The van der Waals surface area contributed by atoms with Crippen molar-refractivity contribution in [1.29, 1.82) is 0 Å². The van der Waals surface area contributed by atoms with Crippen molar-refractivity contribution in [3.63, 3.8) is 0 Å². The highest BCUT2D eigenvalue weighted by molar-refractivity contribution is 5.98. The number of likely N-dealkylation sites (tertiary alicyclic amines) is 1. The lowest BCUT2D eigenvalue weighted by molar-refractivity contribution is 0.0342. The average molecular weight is 434 g/mol. The molecule has 8 nitrogen and oxygen atoms in total. The molecule has 0 saturated carbocycles. The summed E-state index contributed by atoms with van der Waals surface area (Å²) in [7, 11) is 0. The van der Waals surface area contributed by atoms with Crippen molar-refractivity contribution in [2.45, 2.75) is 25.4 Å². The summed E-state index contributed by atoms with van der Waals surface area (Å²) in [6.07, 6.45) is 5.71. The van der Waals surface area contributed by atoms with Crippen LogP contribution in [0.1, 0.15) is 24.4 Å². The zero-order valence-corrected chi connectivity index (χ0v) is 18.5. The predicted molar refractivity (Wildman–Crippen MR) is 126 cm³/mol. The zero-order valence-electron chi connectivity index (χ0n) is 18.5. The van der Waals surface area contributed by atoms with E-state index in [1.165, 1.54) is 11.9 Å². The first-order valence-electron chi connectivity index (χ1n) is 11.4. The van der Waals surface area contributed by atoms with Crippen LogP contribution in [0.15, 0.2) is 43.2 Å². The molecule has 32 heavy (non-hydrogen) atoms. The van der Waals surface area contributed by atoms with Crippen LogP contribution in [0, 0.1) is 0 Å². The number of hydrogen-bond acceptors (Lipinski definition) is 7. The van der Waals surface area contributed by atoms with Crippen LogP contribution in [0.2, 0.25) is 0 Å². The maximum atomic E-state index is 6.32. The lowest BCUT2D eigenvalue weighted by atomic mass is 10.1. The van der Waals surface area contributed by atoms with E-state index in [0.29, 0.717) is 5.82 Å². The molecule has 2 N–H and O–H groups in total. The fourth-order valence-electron chi connectivity index (χ4n) is 4.82. The number of nitrogens with two attached hydrogens (primary N) is 1. The number of nitrogens with zero attached hydrogens (tertiary/aromatic N) is 6. The summed E-state index contributed by atoms with van der Waals surface area (Å²) in [6, 6.07) is 8.90. The molecular formula is C24H31N7O. The Morgan fingerprint density at radius 3 is 2.69 bits per heavy atom. The third-order valence-electron chi connectivity index (χ3n) is 6.47. The van der Waals surface area contributed by atoms with Crippen LogP contribution in [-0.4, -0.2) is 75.5 Å². The Kier molecular flexibility index (Phi) is 6.16. The largest absolute Gasteiger partial charge is 0.383 e. The second kappa shape index (κ2) is 9.36. The summed E-state index contributed by atoms with van der Waals surface area (Å²) in [5, 5.41) is 5.88. The first-order chi connectivity index (χ1) is 15.7. The van der Waals surface area contributed by atoms with Gasteiger partial charge in [0.1, 0.15) is 17.8 Å². The summed E-state index contributed by atoms with van der Waals surface area (Å²) < 4.78 is 7.52. The molecule has 0 amide bonds. The molecule has 2 fully saturated rings. The van der Waals surface area contributed by atoms with E-state index in [1.54, 1.807) is 0 Å². The molecule has 1 unspecified atom stereocenters. The van der Waals surface area contributed by atoms with E-state index in [0.717, 1.165) is 87.6 Å². The van der Waals surface area contributed by atoms with Crippen molar-refractivity contribution in [3.8, 4) is 11.3 Å². The Balaban J connectivity index is 1.45. The Morgan fingerprint density at radius 2 is 1.91 bits per heavy atom. The summed E-state index contributed by atoms with van der Waals surface area (Å²) in [5.74, 6) is 0.479. The van der Waals surface area contributed by atoms with Gasteiger partial charge in [0.15, 0.2) is 5.65 Å². The Morgan fingerprint density at radius 1 is 1.09 bits per heavy atom. The topological polar surface area (TPSA) is 85.3 Å². The smallest absolute Gasteiger partial charge is 0.164 e.